The number of hydrogen-bond acceptors (Lipinski definition) is 3. The van der Waals surface area contributed by atoms with E-state index in [-0.39, 0.29) is 37.4 Å². The van der Waals surface area contributed by atoms with Crippen molar-refractivity contribution in [2.75, 3.05) is 13.2 Å². The summed E-state index contributed by atoms with van der Waals surface area (Å²) in [6, 6.07) is 9.45. The Kier molecular flexibility index (Phi) is 5.75. The van der Waals surface area contributed by atoms with E-state index >= 15 is 0 Å². The number of aliphatic hydroxyl groups excluding tert-OH is 1. The van der Waals surface area contributed by atoms with Crippen LogP contribution in [0.3, 0.4) is 0 Å². The molecule has 1 unspecified atom stereocenters. The van der Waals surface area contributed by atoms with Crippen molar-refractivity contribution in [3.63, 3.8) is 0 Å². The Morgan fingerprint density at radius 1 is 1.19 bits per heavy atom. The van der Waals surface area contributed by atoms with Crippen molar-refractivity contribution in [2.24, 2.45) is 5.92 Å². The Morgan fingerprint density at radius 2 is 1.90 bits per heavy atom. The predicted octanol–water partition coefficient (Wildman–Crippen LogP) is 0.622. The second-order valence-corrected chi connectivity index (χ2v) is 5.46. The highest BCUT2D eigenvalue weighted by Crippen LogP contribution is 2.33. The van der Waals surface area contributed by atoms with E-state index in [4.69, 9.17) is 5.11 Å². The fourth-order valence-electron chi connectivity index (χ4n) is 2.34. The van der Waals surface area contributed by atoms with Crippen LogP contribution in [0.1, 0.15) is 24.8 Å². The molecule has 1 fully saturated rings. The highest BCUT2D eigenvalue weighted by molar-refractivity contribution is 5.85. The molecule has 1 aliphatic carbocycles. The van der Waals surface area contributed by atoms with E-state index in [2.05, 4.69) is 10.6 Å². The van der Waals surface area contributed by atoms with E-state index < -0.39 is 0 Å². The number of aliphatic hydroxyl groups is 1. The molecule has 1 aromatic carbocycles. The average Bonchev–Trinajstić information content (AvgIpc) is 3.30. The number of hydrogen-bond donors (Lipinski definition) is 3. The SMILES string of the molecule is O=C(Cc1ccccc1)NCC(=O)NC(CCO)C1CC1. The number of rotatable bonds is 8. The lowest BCUT2D eigenvalue weighted by Gasteiger charge is -2.17. The van der Waals surface area contributed by atoms with Crippen molar-refractivity contribution in [1.29, 1.82) is 0 Å². The van der Waals surface area contributed by atoms with Crippen LogP contribution in [0.4, 0.5) is 0 Å². The molecule has 0 aromatic heterocycles. The Bertz CT molecular complexity index is 472. The van der Waals surface area contributed by atoms with Gasteiger partial charge in [-0.05, 0) is 30.7 Å². The minimum absolute atomic E-state index is 0.0136. The molecule has 3 N–H and O–H groups in total. The number of carbonyl (C=O) groups is 2. The van der Waals surface area contributed by atoms with Crippen LogP contribution in [-0.4, -0.2) is 36.1 Å². The summed E-state index contributed by atoms with van der Waals surface area (Å²) in [6.07, 6.45) is 3.06. The van der Waals surface area contributed by atoms with Gasteiger partial charge < -0.3 is 15.7 Å². The maximum absolute atomic E-state index is 11.8. The topological polar surface area (TPSA) is 78.4 Å². The van der Waals surface area contributed by atoms with E-state index in [1.807, 2.05) is 30.3 Å². The Morgan fingerprint density at radius 3 is 2.52 bits per heavy atom. The summed E-state index contributed by atoms with van der Waals surface area (Å²) in [5, 5.41) is 14.5. The van der Waals surface area contributed by atoms with Crippen molar-refractivity contribution in [3.05, 3.63) is 35.9 Å². The van der Waals surface area contributed by atoms with E-state index in [1.54, 1.807) is 0 Å². The third-order valence-electron chi connectivity index (χ3n) is 3.63. The first-order chi connectivity index (χ1) is 10.2. The van der Waals surface area contributed by atoms with Crippen LogP contribution in [0.2, 0.25) is 0 Å². The van der Waals surface area contributed by atoms with Crippen LogP contribution in [-0.2, 0) is 16.0 Å². The lowest BCUT2D eigenvalue weighted by Crippen LogP contribution is -2.43. The molecule has 0 aliphatic heterocycles. The fourth-order valence-corrected chi connectivity index (χ4v) is 2.34. The summed E-state index contributed by atoms with van der Waals surface area (Å²) in [5.41, 5.74) is 0.923. The zero-order valence-electron chi connectivity index (χ0n) is 12.0. The zero-order valence-corrected chi connectivity index (χ0v) is 12.0. The van der Waals surface area contributed by atoms with Gasteiger partial charge in [0, 0.05) is 12.6 Å². The predicted molar refractivity (Wildman–Crippen MR) is 79.5 cm³/mol. The van der Waals surface area contributed by atoms with Gasteiger partial charge in [-0.15, -0.1) is 0 Å². The molecular weight excluding hydrogens is 268 g/mol. The molecule has 0 spiro atoms. The molecule has 1 aliphatic rings. The van der Waals surface area contributed by atoms with Gasteiger partial charge in [0.25, 0.3) is 0 Å². The summed E-state index contributed by atoms with van der Waals surface area (Å²) in [4.78, 5) is 23.6. The summed E-state index contributed by atoms with van der Waals surface area (Å²) < 4.78 is 0. The standard InChI is InChI=1S/C16H22N2O3/c19-9-8-14(13-6-7-13)18-16(21)11-17-15(20)10-12-4-2-1-3-5-12/h1-5,13-14,19H,6-11H2,(H,17,20)(H,18,21). The van der Waals surface area contributed by atoms with Crippen molar-refractivity contribution < 1.29 is 14.7 Å². The summed E-state index contributed by atoms with van der Waals surface area (Å²) >= 11 is 0. The monoisotopic (exact) mass is 290 g/mol. The molecule has 5 heteroatoms. The largest absolute Gasteiger partial charge is 0.396 e. The van der Waals surface area contributed by atoms with Crippen LogP contribution in [0.15, 0.2) is 30.3 Å². The Hall–Kier alpha value is -1.88. The first-order valence-corrected chi connectivity index (χ1v) is 7.40. The van der Waals surface area contributed by atoms with E-state index in [9.17, 15) is 9.59 Å². The van der Waals surface area contributed by atoms with E-state index in [0.29, 0.717) is 12.3 Å². The molecule has 2 amide bonds. The molecule has 0 bridgehead atoms. The molecule has 5 nitrogen and oxygen atoms in total. The van der Waals surface area contributed by atoms with E-state index in [0.717, 1.165) is 18.4 Å². The zero-order chi connectivity index (χ0) is 15.1. The van der Waals surface area contributed by atoms with Crippen LogP contribution in [0.5, 0.6) is 0 Å². The minimum Gasteiger partial charge on any atom is -0.396 e. The first kappa shape index (κ1) is 15.5. The van der Waals surface area contributed by atoms with Crippen LogP contribution < -0.4 is 10.6 Å². The smallest absolute Gasteiger partial charge is 0.239 e. The van der Waals surface area contributed by atoms with Crippen LogP contribution in [0, 0.1) is 5.92 Å². The van der Waals surface area contributed by atoms with E-state index in [1.165, 1.54) is 0 Å². The normalized spacial score (nSPS) is 15.3. The van der Waals surface area contributed by atoms with Gasteiger partial charge in [0.2, 0.25) is 11.8 Å². The van der Waals surface area contributed by atoms with Crippen molar-refractivity contribution in [3.8, 4) is 0 Å². The molecular formula is C16H22N2O3. The maximum Gasteiger partial charge on any atom is 0.239 e. The molecule has 1 saturated carbocycles. The summed E-state index contributed by atoms with van der Waals surface area (Å²) in [5.74, 6) is 0.129. The maximum atomic E-state index is 11.8. The molecule has 2 rings (SSSR count). The van der Waals surface area contributed by atoms with Gasteiger partial charge >= 0.3 is 0 Å². The van der Waals surface area contributed by atoms with Gasteiger partial charge in [0.1, 0.15) is 0 Å². The Labute approximate surface area is 124 Å². The number of nitrogens with one attached hydrogen (secondary N) is 2. The van der Waals surface area contributed by atoms with Gasteiger partial charge in [-0.1, -0.05) is 30.3 Å². The quantitative estimate of drug-likeness (QED) is 0.657. The number of amides is 2. The molecule has 1 atom stereocenters. The highest BCUT2D eigenvalue weighted by Gasteiger charge is 2.31. The fraction of sp³-hybridized carbons (Fsp3) is 0.500. The molecule has 0 heterocycles. The summed E-state index contributed by atoms with van der Waals surface area (Å²) in [7, 11) is 0. The lowest BCUT2D eigenvalue weighted by atomic mass is 10.1. The average molecular weight is 290 g/mol. The number of carbonyl (C=O) groups excluding carboxylic acids is 2. The summed E-state index contributed by atoms with van der Waals surface area (Å²) in [6.45, 7) is 0.0577. The lowest BCUT2D eigenvalue weighted by molar-refractivity contribution is -0.126. The van der Waals surface area contributed by atoms with Crippen LogP contribution >= 0.6 is 0 Å². The third kappa shape index (κ3) is 5.55. The van der Waals surface area contributed by atoms with Crippen molar-refractivity contribution in [2.45, 2.75) is 31.7 Å². The van der Waals surface area contributed by atoms with Crippen LogP contribution in [0.25, 0.3) is 0 Å². The number of benzene rings is 1. The van der Waals surface area contributed by atoms with Crippen molar-refractivity contribution >= 4 is 11.8 Å². The van der Waals surface area contributed by atoms with Gasteiger partial charge in [-0.25, -0.2) is 0 Å². The minimum atomic E-state index is -0.193. The molecule has 1 aromatic rings. The molecule has 0 saturated heterocycles. The third-order valence-corrected chi connectivity index (χ3v) is 3.63. The first-order valence-electron chi connectivity index (χ1n) is 7.40. The highest BCUT2D eigenvalue weighted by atomic mass is 16.3. The molecule has 21 heavy (non-hydrogen) atoms. The molecule has 114 valence electrons. The second kappa shape index (κ2) is 7.78. The molecule has 0 radical (unpaired) electrons. The van der Waals surface area contributed by atoms with Gasteiger partial charge in [-0.3, -0.25) is 9.59 Å². The Balaban J connectivity index is 1.69. The van der Waals surface area contributed by atoms with Gasteiger partial charge in [-0.2, -0.15) is 0 Å². The van der Waals surface area contributed by atoms with Crippen molar-refractivity contribution in [1.82, 2.24) is 10.6 Å². The van der Waals surface area contributed by atoms with Gasteiger partial charge in [0.15, 0.2) is 0 Å². The van der Waals surface area contributed by atoms with Gasteiger partial charge in [0.05, 0.1) is 13.0 Å². The second-order valence-electron chi connectivity index (χ2n) is 5.46.